The summed E-state index contributed by atoms with van der Waals surface area (Å²) in [6.45, 7) is 11.2. The van der Waals surface area contributed by atoms with E-state index >= 15 is 0 Å². The standard InChI is InChI=1S/C15H24N2/c1-11-5-6-13-14(7-11)17-10-12(9-16-13)8-15(2,3)4/h5-7,12,16-17H,8-10H2,1-4H3. The lowest BCUT2D eigenvalue weighted by Crippen LogP contribution is -2.24. The number of benzene rings is 1. The Hall–Kier alpha value is -1.18. The maximum absolute atomic E-state index is 3.58. The summed E-state index contributed by atoms with van der Waals surface area (Å²) in [6, 6.07) is 6.57. The predicted molar refractivity (Wildman–Crippen MR) is 75.7 cm³/mol. The van der Waals surface area contributed by atoms with E-state index < -0.39 is 0 Å². The van der Waals surface area contributed by atoms with Gasteiger partial charge in [-0.05, 0) is 42.4 Å². The number of hydrogen-bond donors (Lipinski definition) is 2. The second-order valence-corrected chi connectivity index (χ2v) is 6.44. The van der Waals surface area contributed by atoms with Gasteiger partial charge >= 0.3 is 0 Å². The van der Waals surface area contributed by atoms with Crippen LogP contribution in [0.15, 0.2) is 18.2 Å². The van der Waals surface area contributed by atoms with Crippen molar-refractivity contribution in [2.75, 3.05) is 23.7 Å². The lowest BCUT2D eigenvalue weighted by molar-refractivity contribution is 0.310. The fourth-order valence-corrected chi connectivity index (χ4v) is 2.55. The summed E-state index contributed by atoms with van der Waals surface area (Å²) in [5.41, 5.74) is 4.21. The minimum atomic E-state index is 0.403. The molecule has 0 bridgehead atoms. The zero-order valence-electron chi connectivity index (χ0n) is 11.4. The van der Waals surface area contributed by atoms with Crippen molar-refractivity contribution in [1.29, 1.82) is 0 Å². The molecule has 0 spiro atoms. The first-order valence-corrected chi connectivity index (χ1v) is 6.52. The van der Waals surface area contributed by atoms with Gasteiger partial charge in [-0.3, -0.25) is 0 Å². The SMILES string of the molecule is Cc1ccc2c(c1)NCC(CC(C)(C)C)CN2. The van der Waals surface area contributed by atoms with Crippen molar-refractivity contribution in [3.05, 3.63) is 23.8 Å². The van der Waals surface area contributed by atoms with Crippen molar-refractivity contribution in [2.45, 2.75) is 34.1 Å². The third kappa shape index (κ3) is 3.39. The normalized spacial score (nSPS) is 19.9. The average molecular weight is 232 g/mol. The Labute approximate surface area is 105 Å². The summed E-state index contributed by atoms with van der Waals surface area (Å²) in [6.07, 6.45) is 1.25. The highest BCUT2D eigenvalue weighted by molar-refractivity contribution is 5.70. The van der Waals surface area contributed by atoms with Crippen molar-refractivity contribution in [3.63, 3.8) is 0 Å². The summed E-state index contributed by atoms with van der Waals surface area (Å²) in [4.78, 5) is 0. The van der Waals surface area contributed by atoms with Gasteiger partial charge in [0.15, 0.2) is 0 Å². The van der Waals surface area contributed by atoms with E-state index in [1.54, 1.807) is 0 Å². The fourth-order valence-electron chi connectivity index (χ4n) is 2.55. The number of hydrogen-bond acceptors (Lipinski definition) is 2. The van der Waals surface area contributed by atoms with Crippen molar-refractivity contribution in [2.24, 2.45) is 11.3 Å². The zero-order chi connectivity index (χ0) is 12.5. The Kier molecular flexibility index (Phi) is 3.32. The smallest absolute Gasteiger partial charge is 0.0578 e. The molecule has 1 aliphatic rings. The Morgan fingerprint density at radius 2 is 1.76 bits per heavy atom. The van der Waals surface area contributed by atoms with Crippen molar-refractivity contribution in [3.8, 4) is 0 Å². The van der Waals surface area contributed by atoms with Crippen LogP contribution in [0.2, 0.25) is 0 Å². The molecule has 0 saturated carbocycles. The van der Waals surface area contributed by atoms with Gasteiger partial charge in [0.05, 0.1) is 11.4 Å². The molecule has 0 amide bonds. The average Bonchev–Trinajstić information content (AvgIpc) is 2.39. The van der Waals surface area contributed by atoms with E-state index in [1.807, 2.05) is 0 Å². The molecule has 0 saturated heterocycles. The fraction of sp³-hybridized carbons (Fsp3) is 0.600. The number of nitrogens with one attached hydrogen (secondary N) is 2. The molecule has 2 nitrogen and oxygen atoms in total. The third-order valence-electron chi connectivity index (χ3n) is 3.24. The molecule has 1 heterocycles. The molecule has 2 rings (SSSR count). The van der Waals surface area contributed by atoms with Gasteiger partial charge in [0, 0.05) is 13.1 Å². The Morgan fingerprint density at radius 1 is 1.12 bits per heavy atom. The topological polar surface area (TPSA) is 24.1 Å². The molecule has 1 atom stereocenters. The van der Waals surface area contributed by atoms with Gasteiger partial charge in [0.2, 0.25) is 0 Å². The Balaban J connectivity index is 2.06. The highest BCUT2D eigenvalue weighted by Crippen LogP contribution is 2.30. The summed E-state index contributed by atoms with van der Waals surface area (Å²) in [5, 5.41) is 7.14. The molecule has 0 radical (unpaired) electrons. The second kappa shape index (κ2) is 4.59. The van der Waals surface area contributed by atoms with Crippen LogP contribution in [0, 0.1) is 18.3 Å². The van der Waals surface area contributed by atoms with Crippen LogP contribution in [0.4, 0.5) is 11.4 Å². The minimum absolute atomic E-state index is 0.403. The minimum Gasteiger partial charge on any atom is -0.383 e. The third-order valence-corrected chi connectivity index (χ3v) is 3.24. The Morgan fingerprint density at radius 3 is 2.41 bits per heavy atom. The van der Waals surface area contributed by atoms with Crippen LogP contribution in [-0.2, 0) is 0 Å². The summed E-state index contributed by atoms with van der Waals surface area (Å²) in [7, 11) is 0. The van der Waals surface area contributed by atoms with E-state index in [1.165, 1.54) is 23.4 Å². The van der Waals surface area contributed by atoms with Crippen molar-refractivity contribution < 1.29 is 0 Å². The van der Waals surface area contributed by atoms with Crippen LogP contribution < -0.4 is 10.6 Å². The van der Waals surface area contributed by atoms with Crippen molar-refractivity contribution >= 4 is 11.4 Å². The summed E-state index contributed by atoms with van der Waals surface area (Å²) in [5.74, 6) is 0.697. The first kappa shape index (κ1) is 12.3. The van der Waals surface area contributed by atoms with E-state index in [-0.39, 0.29) is 0 Å². The van der Waals surface area contributed by atoms with Crippen LogP contribution in [0.25, 0.3) is 0 Å². The summed E-state index contributed by atoms with van der Waals surface area (Å²) < 4.78 is 0. The molecule has 0 aromatic heterocycles. The van der Waals surface area contributed by atoms with Gasteiger partial charge in [-0.25, -0.2) is 0 Å². The molecule has 94 valence electrons. The summed E-state index contributed by atoms with van der Waals surface area (Å²) >= 11 is 0. The van der Waals surface area contributed by atoms with Crippen LogP contribution in [-0.4, -0.2) is 13.1 Å². The molecule has 1 aromatic rings. The molecule has 0 fully saturated rings. The lowest BCUT2D eigenvalue weighted by Gasteiger charge is -2.25. The van der Waals surface area contributed by atoms with Crippen LogP contribution in [0.3, 0.4) is 0 Å². The first-order chi connectivity index (χ1) is 7.94. The van der Waals surface area contributed by atoms with Gasteiger partial charge in [0.25, 0.3) is 0 Å². The van der Waals surface area contributed by atoms with Gasteiger partial charge in [0.1, 0.15) is 0 Å². The van der Waals surface area contributed by atoms with Gasteiger partial charge in [-0.1, -0.05) is 26.8 Å². The van der Waals surface area contributed by atoms with Gasteiger partial charge in [-0.2, -0.15) is 0 Å². The highest BCUT2D eigenvalue weighted by Gasteiger charge is 2.21. The van der Waals surface area contributed by atoms with E-state index in [0.29, 0.717) is 11.3 Å². The predicted octanol–water partition coefficient (Wildman–Crippen LogP) is 3.88. The molecule has 1 aromatic carbocycles. The van der Waals surface area contributed by atoms with Gasteiger partial charge < -0.3 is 10.6 Å². The zero-order valence-corrected chi connectivity index (χ0v) is 11.4. The highest BCUT2D eigenvalue weighted by atomic mass is 15.0. The Bertz CT molecular complexity index is 390. The number of anilines is 2. The first-order valence-electron chi connectivity index (χ1n) is 6.52. The van der Waals surface area contributed by atoms with E-state index in [2.05, 4.69) is 56.5 Å². The van der Waals surface area contributed by atoms with E-state index in [4.69, 9.17) is 0 Å². The maximum atomic E-state index is 3.58. The van der Waals surface area contributed by atoms with Crippen LogP contribution in [0.1, 0.15) is 32.8 Å². The molecular formula is C15H24N2. The molecule has 1 aliphatic heterocycles. The number of fused-ring (bicyclic) bond motifs is 1. The molecule has 1 unspecified atom stereocenters. The maximum Gasteiger partial charge on any atom is 0.0578 e. The van der Waals surface area contributed by atoms with E-state index in [9.17, 15) is 0 Å². The lowest BCUT2D eigenvalue weighted by atomic mass is 9.84. The largest absolute Gasteiger partial charge is 0.383 e. The number of aryl methyl sites for hydroxylation is 1. The molecule has 2 N–H and O–H groups in total. The van der Waals surface area contributed by atoms with Crippen molar-refractivity contribution in [1.82, 2.24) is 0 Å². The quantitative estimate of drug-likeness (QED) is 0.767. The molecule has 2 heteroatoms. The van der Waals surface area contributed by atoms with Gasteiger partial charge in [-0.15, -0.1) is 0 Å². The van der Waals surface area contributed by atoms with Crippen LogP contribution >= 0.6 is 0 Å². The number of rotatable bonds is 1. The monoisotopic (exact) mass is 232 g/mol. The molecule has 17 heavy (non-hydrogen) atoms. The van der Waals surface area contributed by atoms with Crippen LogP contribution in [0.5, 0.6) is 0 Å². The molecule has 0 aliphatic carbocycles. The molecular weight excluding hydrogens is 208 g/mol. The van der Waals surface area contributed by atoms with E-state index in [0.717, 1.165) is 13.1 Å². The second-order valence-electron chi connectivity index (χ2n) is 6.44.